The molecule has 4 aliphatic rings. The normalized spacial score (nSPS) is 46.6. The molecule has 114 valence electrons. The molecule has 6 heteroatoms. The zero-order valence-electron chi connectivity index (χ0n) is 12.2. The lowest BCUT2D eigenvalue weighted by Crippen LogP contribution is -2.65. The first kappa shape index (κ1) is 14.7. The average Bonchev–Trinajstić information content (AvgIpc) is 2.04. The van der Waals surface area contributed by atoms with Gasteiger partial charge in [-0.15, -0.1) is 0 Å². The summed E-state index contributed by atoms with van der Waals surface area (Å²) in [5.74, 6) is 0.427. The zero-order chi connectivity index (χ0) is 14.8. The van der Waals surface area contributed by atoms with Gasteiger partial charge in [0.25, 0.3) is 0 Å². The molecule has 20 heavy (non-hydrogen) atoms. The predicted octanol–water partition coefficient (Wildman–Crippen LogP) is 1.94. The zero-order valence-corrected chi connectivity index (χ0v) is 13.9. The third kappa shape index (κ3) is 2.62. The number of hydrogen-bond donors (Lipinski definition) is 2. The van der Waals surface area contributed by atoms with E-state index in [0.717, 1.165) is 19.3 Å². The molecule has 4 rings (SSSR count). The Morgan fingerprint density at radius 2 is 1.75 bits per heavy atom. The van der Waals surface area contributed by atoms with Gasteiger partial charge in [0, 0.05) is 5.54 Å². The van der Waals surface area contributed by atoms with E-state index >= 15 is 0 Å². The van der Waals surface area contributed by atoms with Crippen molar-refractivity contribution < 1.29 is 8.42 Å². The summed E-state index contributed by atoms with van der Waals surface area (Å²) in [5, 5.41) is 0. The summed E-state index contributed by atoms with van der Waals surface area (Å²) >= 11 is 4.76. The van der Waals surface area contributed by atoms with Gasteiger partial charge in [0.2, 0.25) is 10.0 Å². The van der Waals surface area contributed by atoms with E-state index in [1.54, 1.807) is 0 Å². The third-order valence-electron chi connectivity index (χ3n) is 5.33. The van der Waals surface area contributed by atoms with Crippen molar-refractivity contribution in [2.24, 2.45) is 22.5 Å². The molecule has 0 spiro atoms. The first-order valence-electron chi connectivity index (χ1n) is 7.33. The first-order valence-corrected chi connectivity index (χ1v) is 9.39. The van der Waals surface area contributed by atoms with Crippen LogP contribution < -0.4 is 10.5 Å². The smallest absolute Gasteiger partial charge is 0.218 e. The highest BCUT2D eigenvalue weighted by atomic mass is 32.2. The van der Waals surface area contributed by atoms with Crippen LogP contribution in [0.1, 0.15) is 52.4 Å². The highest BCUT2D eigenvalue weighted by Crippen LogP contribution is 2.66. The lowest BCUT2D eigenvalue weighted by molar-refractivity contribution is -0.110. The molecular formula is C14H24N2O2S2. The molecule has 0 saturated heterocycles. The summed E-state index contributed by atoms with van der Waals surface area (Å²) in [6.07, 6.45) is 6.64. The summed E-state index contributed by atoms with van der Waals surface area (Å²) < 4.78 is 27.5. The van der Waals surface area contributed by atoms with Gasteiger partial charge in [-0.25, -0.2) is 13.1 Å². The van der Waals surface area contributed by atoms with Crippen LogP contribution in [0.25, 0.3) is 0 Å². The Balaban J connectivity index is 1.88. The Morgan fingerprint density at radius 1 is 1.20 bits per heavy atom. The van der Waals surface area contributed by atoms with E-state index in [9.17, 15) is 8.42 Å². The predicted molar refractivity (Wildman–Crippen MR) is 83.8 cm³/mol. The van der Waals surface area contributed by atoms with Gasteiger partial charge >= 0.3 is 0 Å². The van der Waals surface area contributed by atoms with Crippen molar-refractivity contribution in [3.8, 4) is 0 Å². The minimum atomic E-state index is -3.41. The fourth-order valence-electron chi connectivity index (χ4n) is 6.11. The molecular weight excluding hydrogens is 292 g/mol. The van der Waals surface area contributed by atoms with Crippen LogP contribution in [0.5, 0.6) is 0 Å². The minimum absolute atomic E-state index is 0.0413. The molecule has 0 aliphatic heterocycles. The third-order valence-corrected chi connectivity index (χ3v) is 7.09. The fraction of sp³-hybridized carbons (Fsp3) is 0.929. The molecule has 0 amide bonds. The van der Waals surface area contributed by atoms with Crippen molar-refractivity contribution in [2.45, 2.75) is 57.9 Å². The van der Waals surface area contributed by atoms with Gasteiger partial charge in [0.15, 0.2) is 0 Å². The largest absolute Gasteiger partial charge is 0.392 e. The molecule has 4 saturated carbocycles. The van der Waals surface area contributed by atoms with Gasteiger partial charge < -0.3 is 5.73 Å². The Labute approximate surface area is 126 Å². The van der Waals surface area contributed by atoms with E-state index in [1.165, 1.54) is 19.3 Å². The van der Waals surface area contributed by atoms with E-state index in [2.05, 4.69) is 18.6 Å². The van der Waals surface area contributed by atoms with Crippen molar-refractivity contribution >= 4 is 27.2 Å². The first-order chi connectivity index (χ1) is 9.03. The Morgan fingerprint density at radius 3 is 2.20 bits per heavy atom. The van der Waals surface area contributed by atoms with E-state index < -0.39 is 10.0 Å². The topological polar surface area (TPSA) is 72.2 Å². The van der Waals surface area contributed by atoms with Crippen molar-refractivity contribution in [3.63, 3.8) is 0 Å². The fourth-order valence-corrected chi connectivity index (χ4v) is 7.91. The van der Waals surface area contributed by atoms with Crippen LogP contribution in [0, 0.1) is 16.7 Å². The van der Waals surface area contributed by atoms with Crippen LogP contribution in [0.2, 0.25) is 0 Å². The Kier molecular flexibility index (Phi) is 3.07. The molecule has 0 aromatic carbocycles. The van der Waals surface area contributed by atoms with E-state index in [1.807, 2.05) is 0 Å². The molecule has 2 unspecified atom stereocenters. The van der Waals surface area contributed by atoms with Gasteiger partial charge in [-0.2, -0.15) is 0 Å². The summed E-state index contributed by atoms with van der Waals surface area (Å²) in [6, 6.07) is 0. The highest BCUT2D eigenvalue weighted by Gasteiger charge is 2.60. The Hall–Kier alpha value is -0.200. The van der Waals surface area contributed by atoms with Gasteiger partial charge in [-0.3, -0.25) is 0 Å². The number of nitrogens with two attached hydrogens (primary N) is 1. The average molecular weight is 316 g/mol. The van der Waals surface area contributed by atoms with Crippen LogP contribution in [-0.2, 0) is 10.0 Å². The summed E-state index contributed by atoms with van der Waals surface area (Å²) in [6.45, 7) is 4.65. The highest BCUT2D eigenvalue weighted by molar-refractivity contribution is 7.92. The van der Waals surface area contributed by atoms with Crippen LogP contribution in [0.3, 0.4) is 0 Å². The maximum Gasteiger partial charge on any atom is 0.218 e. The number of thiocarbonyl (C=S) groups is 1. The van der Waals surface area contributed by atoms with Crippen molar-refractivity contribution in [2.75, 3.05) is 5.75 Å². The molecule has 4 aliphatic carbocycles. The quantitative estimate of drug-likeness (QED) is 0.778. The van der Waals surface area contributed by atoms with Crippen molar-refractivity contribution in [1.82, 2.24) is 4.72 Å². The van der Waals surface area contributed by atoms with Crippen LogP contribution in [0.15, 0.2) is 0 Å². The van der Waals surface area contributed by atoms with Gasteiger partial charge in [0.1, 0.15) is 5.75 Å². The van der Waals surface area contributed by atoms with Crippen LogP contribution in [-0.4, -0.2) is 24.7 Å². The summed E-state index contributed by atoms with van der Waals surface area (Å²) in [7, 11) is -3.41. The molecule has 3 N–H and O–H groups in total. The SMILES string of the molecule is CC12CC3CC(C)(C1)CC(NS(=O)(=O)CC(N)=S)(C3)C2. The van der Waals surface area contributed by atoms with Crippen LogP contribution in [0.4, 0.5) is 0 Å². The lowest BCUT2D eigenvalue weighted by Gasteiger charge is -2.65. The molecule has 4 bridgehead atoms. The second-order valence-electron chi connectivity index (χ2n) is 8.24. The van der Waals surface area contributed by atoms with Crippen molar-refractivity contribution in [1.29, 1.82) is 0 Å². The second kappa shape index (κ2) is 4.17. The van der Waals surface area contributed by atoms with Gasteiger partial charge in [-0.05, 0) is 55.3 Å². The van der Waals surface area contributed by atoms with Crippen LogP contribution >= 0.6 is 12.2 Å². The molecule has 2 atom stereocenters. The number of nitrogens with one attached hydrogen (secondary N) is 1. The summed E-state index contributed by atoms with van der Waals surface area (Å²) in [4.78, 5) is 0.0413. The molecule has 0 heterocycles. The molecule has 0 radical (unpaired) electrons. The molecule has 0 aromatic heterocycles. The number of rotatable bonds is 4. The molecule has 0 aromatic rings. The Bertz CT molecular complexity index is 540. The maximum atomic E-state index is 12.3. The van der Waals surface area contributed by atoms with E-state index in [0.29, 0.717) is 16.7 Å². The van der Waals surface area contributed by atoms with E-state index in [4.69, 9.17) is 18.0 Å². The summed E-state index contributed by atoms with van der Waals surface area (Å²) in [5.41, 5.74) is 5.74. The standard InChI is InChI=1S/C14H24N2O2S2/c1-12-3-10-4-13(2,7-12)9-14(5-10,8-12)16-20(17,18)6-11(15)19/h10,16H,3-9H2,1-2H3,(H2,15,19). The second-order valence-corrected chi connectivity index (χ2v) is 10.5. The minimum Gasteiger partial charge on any atom is -0.392 e. The number of sulfonamides is 1. The van der Waals surface area contributed by atoms with E-state index in [-0.39, 0.29) is 16.3 Å². The monoisotopic (exact) mass is 316 g/mol. The van der Waals surface area contributed by atoms with Gasteiger partial charge in [0.05, 0.1) is 4.99 Å². The van der Waals surface area contributed by atoms with Gasteiger partial charge in [-0.1, -0.05) is 26.1 Å². The molecule has 4 fully saturated rings. The van der Waals surface area contributed by atoms with Crippen molar-refractivity contribution in [3.05, 3.63) is 0 Å². The number of hydrogen-bond acceptors (Lipinski definition) is 3. The maximum absolute atomic E-state index is 12.3. The molecule has 4 nitrogen and oxygen atoms in total. The lowest BCUT2D eigenvalue weighted by atomic mass is 9.43.